The van der Waals surface area contributed by atoms with Crippen LogP contribution in [0, 0.1) is 0 Å². The Hall–Kier alpha value is -1.54. The van der Waals surface area contributed by atoms with Crippen molar-refractivity contribution in [3.63, 3.8) is 0 Å². The van der Waals surface area contributed by atoms with Crippen molar-refractivity contribution in [3.8, 4) is 0 Å². The molecule has 1 aliphatic rings. The molecule has 0 saturated carbocycles. The first-order valence-corrected chi connectivity index (χ1v) is 5.78. The molecule has 2 nitrogen and oxygen atoms in total. The van der Waals surface area contributed by atoms with Gasteiger partial charge < -0.3 is 9.88 Å². The normalized spacial score (nSPS) is 19.1. The van der Waals surface area contributed by atoms with E-state index in [0.29, 0.717) is 0 Å². The Morgan fingerprint density at radius 3 is 3.19 bits per heavy atom. The predicted octanol–water partition coefficient (Wildman–Crippen LogP) is 2.67. The molecule has 82 valence electrons. The lowest BCUT2D eigenvalue weighted by Gasteiger charge is -2.12. The van der Waals surface area contributed by atoms with Crippen LogP contribution in [0.1, 0.15) is 11.1 Å². The minimum absolute atomic E-state index is 1.03. The number of rotatable bonds is 0. The second-order valence-corrected chi connectivity index (χ2v) is 4.50. The van der Waals surface area contributed by atoms with Gasteiger partial charge in [-0.15, -0.1) is 0 Å². The molecular formula is C14H16N2. The zero-order valence-electron chi connectivity index (χ0n) is 9.53. The lowest BCUT2D eigenvalue weighted by atomic mass is 10.0. The Labute approximate surface area is 95.6 Å². The van der Waals surface area contributed by atoms with Gasteiger partial charge >= 0.3 is 0 Å². The molecular weight excluding hydrogens is 196 g/mol. The fourth-order valence-electron chi connectivity index (χ4n) is 2.38. The van der Waals surface area contributed by atoms with Crippen molar-refractivity contribution in [2.45, 2.75) is 6.42 Å². The van der Waals surface area contributed by atoms with E-state index in [4.69, 9.17) is 0 Å². The third kappa shape index (κ3) is 1.55. The minimum Gasteiger partial charge on any atom is -0.361 e. The molecule has 0 radical (unpaired) electrons. The smallest absolute Gasteiger partial charge is 0.0462 e. The highest BCUT2D eigenvalue weighted by Gasteiger charge is 2.09. The van der Waals surface area contributed by atoms with Crippen LogP contribution in [-0.4, -0.2) is 30.0 Å². The van der Waals surface area contributed by atoms with Crippen LogP contribution in [-0.2, 0) is 6.42 Å². The second kappa shape index (κ2) is 3.80. The van der Waals surface area contributed by atoms with Gasteiger partial charge in [-0.2, -0.15) is 0 Å². The highest BCUT2D eigenvalue weighted by molar-refractivity contribution is 5.91. The van der Waals surface area contributed by atoms with Gasteiger partial charge in [0.1, 0.15) is 0 Å². The summed E-state index contributed by atoms with van der Waals surface area (Å²) in [4.78, 5) is 5.71. The average molecular weight is 212 g/mol. The summed E-state index contributed by atoms with van der Waals surface area (Å²) in [6, 6.07) is 6.46. The lowest BCUT2D eigenvalue weighted by molar-refractivity contribution is 0.376. The van der Waals surface area contributed by atoms with Gasteiger partial charge in [0.2, 0.25) is 0 Å². The van der Waals surface area contributed by atoms with E-state index >= 15 is 0 Å². The molecule has 2 heteroatoms. The lowest BCUT2D eigenvalue weighted by Crippen LogP contribution is -2.20. The number of nitrogens with zero attached hydrogens (tertiary/aromatic N) is 1. The van der Waals surface area contributed by atoms with Gasteiger partial charge in [0.25, 0.3) is 0 Å². The molecule has 2 aromatic rings. The van der Waals surface area contributed by atoms with E-state index in [1.54, 1.807) is 0 Å². The van der Waals surface area contributed by atoms with Crippen molar-refractivity contribution < 1.29 is 0 Å². The van der Waals surface area contributed by atoms with Crippen LogP contribution in [0.2, 0.25) is 0 Å². The molecule has 1 aromatic carbocycles. The third-order valence-electron chi connectivity index (χ3n) is 3.30. The molecule has 0 bridgehead atoms. The highest BCUT2D eigenvalue weighted by Crippen LogP contribution is 2.25. The van der Waals surface area contributed by atoms with Gasteiger partial charge in [-0.25, -0.2) is 0 Å². The van der Waals surface area contributed by atoms with Gasteiger partial charge in [-0.1, -0.05) is 24.3 Å². The Morgan fingerprint density at radius 2 is 2.25 bits per heavy atom. The van der Waals surface area contributed by atoms with E-state index < -0.39 is 0 Å². The molecule has 3 rings (SSSR count). The standard InChI is InChI=1S/C14H16N2/c1-16-8-3-5-11-4-2-6-13-14(11)12(7-9-16)10-15-13/h2-6,10,15H,7-9H2,1H3/b5-3-. The third-order valence-corrected chi connectivity index (χ3v) is 3.30. The second-order valence-electron chi connectivity index (χ2n) is 4.50. The Bertz CT molecular complexity index is 537. The van der Waals surface area contributed by atoms with Crippen molar-refractivity contribution in [2.75, 3.05) is 20.1 Å². The van der Waals surface area contributed by atoms with E-state index in [1.165, 1.54) is 22.0 Å². The molecule has 0 atom stereocenters. The molecule has 1 aromatic heterocycles. The van der Waals surface area contributed by atoms with Crippen LogP contribution >= 0.6 is 0 Å². The number of H-pyrrole nitrogens is 1. The maximum Gasteiger partial charge on any atom is 0.0462 e. The number of aromatic amines is 1. The summed E-state index contributed by atoms with van der Waals surface area (Å²) in [5, 5.41) is 1.40. The molecule has 0 aliphatic carbocycles. The zero-order chi connectivity index (χ0) is 11.0. The maximum atomic E-state index is 3.36. The summed E-state index contributed by atoms with van der Waals surface area (Å²) in [5.41, 5.74) is 4.02. The molecule has 0 unspecified atom stereocenters. The Morgan fingerprint density at radius 1 is 1.31 bits per heavy atom. The first-order valence-electron chi connectivity index (χ1n) is 5.78. The fraction of sp³-hybridized carbons (Fsp3) is 0.286. The topological polar surface area (TPSA) is 19.0 Å². The Balaban J connectivity index is 2.21. The minimum atomic E-state index is 1.03. The summed E-state index contributed by atoms with van der Waals surface area (Å²) in [5.74, 6) is 0. The van der Waals surface area contributed by atoms with E-state index in [2.05, 4.69) is 53.5 Å². The van der Waals surface area contributed by atoms with Crippen LogP contribution < -0.4 is 0 Å². The largest absolute Gasteiger partial charge is 0.361 e. The predicted molar refractivity (Wildman–Crippen MR) is 68.5 cm³/mol. The zero-order valence-corrected chi connectivity index (χ0v) is 9.53. The van der Waals surface area contributed by atoms with Gasteiger partial charge in [-0.3, -0.25) is 0 Å². The van der Waals surface area contributed by atoms with Crippen LogP contribution in [0.25, 0.3) is 17.0 Å². The summed E-state index contributed by atoms with van der Waals surface area (Å²) < 4.78 is 0. The van der Waals surface area contributed by atoms with Gasteiger partial charge in [0, 0.05) is 30.2 Å². The molecule has 0 saturated heterocycles. The highest BCUT2D eigenvalue weighted by atomic mass is 15.1. The number of benzene rings is 1. The average Bonchev–Trinajstić information content (AvgIpc) is 2.72. The quantitative estimate of drug-likeness (QED) is 0.711. The van der Waals surface area contributed by atoms with E-state index in [9.17, 15) is 0 Å². The van der Waals surface area contributed by atoms with Crippen LogP contribution in [0.4, 0.5) is 0 Å². The number of hydrogen-bond acceptors (Lipinski definition) is 1. The van der Waals surface area contributed by atoms with Gasteiger partial charge in [-0.05, 0) is 30.7 Å². The van der Waals surface area contributed by atoms with Crippen LogP contribution in [0.15, 0.2) is 30.5 Å². The molecule has 1 aliphatic heterocycles. The van der Waals surface area contributed by atoms with Crippen LogP contribution in [0.5, 0.6) is 0 Å². The molecule has 0 fully saturated rings. The first-order chi connectivity index (χ1) is 7.84. The van der Waals surface area contributed by atoms with Gasteiger partial charge in [0.05, 0.1) is 0 Å². The maximum absolute atomic E-state index is 3.36. The summed E-state index contributed by atoms with van der Waals surface area (Å²) >= 11 is 0. The van der Waals surface area contributed by atoms with Crippen molar-refractivity contribution in [2.24, 2.45) is 0 Å². The summed E-state index contributed by atoms with van der Waals surface area (Å²) in [6.45, 7) is 2.15. The van der Waals surface area contributed by atoms with E-state index in [-0.39, 0.29) is 0 Å². The van der Waals surface area contributed by atoms with Crippen molar-refractivity contribution in [1.29, 1.82) is 0 Å². The number of hydrogen-bond donors (Lipinski definition) is 1. The van der Waals surface area contributed by atoms with Crippen molar-refractivity contribution in [3.05, 3.63) is 41.6 Å². The Kier molecular flexibility index (Phi) is 2.29. The van der Waals surface area contributed by atoms with Crippen molar-refractivity contribution in [1.82, 2.24) is 9.88 Å². The first kappa shape index (κ1) is 9.67. The number of nitrogens with one attached hydrogen (secondary N) is 1. The van der Waals surface area contributed by atoms with Crippen LogP contribution in [0.3, 0.4) is 0 Å². The van der Waals surface area contributed by atoms with E-state index in [0.717, 1.165) is 19.5 Å². The summed E-state index contributed by atoms with van der Waals surface area (Å²) in [6.07, 6.45) is 7.76. The molecule has 0 spiro atoms. The number of likely N-dealkylation sites (N-methyl/N-ethyl adjacent to an activating group) is 1. The summed E-state index contributed by atoms with van der Waals surface area (Å²) in [7, 11) is 2.17. The SMILES string of the molecule is CN1C/C=C\c2cccc3[nH]cc(c23)CC1. The fourth-order valence-corrected chi connectivity index (χ4v) is 2.38. The number of aromatic nitrogens is 1. The van der Waals surface area contributed by atoms with Crippen molar-refractivity contribution >= 4 is 17.0 Å². The molecule has 0 amide bonds. The molecule has 16 heavy (non-hydrogen) atoms. The molecule has 1 N–H and O–H groups in total. The van der Waals surface area contributed by atoms with Gasteiger partial charge in [0.15, 0.2) is 0 Å². The molecule has 2 heterocycles. The van der Waals surface area contributed by atoms with E-state index in [1.807, 2.05) is 0 Å². The monoisotopic (exact) mass is 212 g/mol.